The molecule has 8 atom stereocenters. The van der Waals surface area contributed by atoms with Gasteiger partial charge in [-0.05, 0) is 115 Å². The zero-order valence-corrected chi connectivity index (χ0v) is 23.2. The first kappa shape index (κ1) is 25.2. The summed E-state index contributed by atoms with van der Waals surface area (Å²) in [5.41, 5.74) is 6.45. The molecule has 0 aromatic heterocycles. The summed E-state index contributed by atoms with van der Waals surface area (Å²) in [6.07, 6.45) is 16.2. The van der Waals surface area contributed by atoms with Crippen LogP contribution < -0.4 is 0 Å². The molecule has 1 N–H and O–H groups in total. The number of hydrogen-bond acceptors (Lipinski definition) is 1. The number of benzene rings is 2. The quantitative estimate of drug-likeness (QED) is 0.411. The number of hydrogen-bond donors (Lipinski definition) is 1. The third-order valence-electron chi connectivity index (χ3n) is 11.7. The van der Waals surface area contributed by atoms with Crippen LogP contribution in [-0.4, -0.2) is 11.2 Å². The molecule has 6 rings (SSSR count). The molecule has 0 radical (unpaired) electrons. The van der Waals surface area contributed by atoms with Gasteiger partial charge >= 0.3 is 0 Å². The highest BCUT2D eigenvalue weighted by atomic mass is 16.3. The minimum absolute atomic E-state index is 0.105. The van der Waals surface area contributed by atoms with E-state index in [0.717, 1.165) is 42.9 Å². The summed E-state index contributed by atoms with van der Waals surface area (Å²) in [6, 6.07) is 21.9. The molecule has 1 heteroatoms. The lowest BCUT2D eigenvalue weighted by Crippen LogP contribution is -2.50. The molecule has 196 valence electrons. The van der Waals surface area contributed by atoms with E-state index in [1.807, 2.05) is 0 Å². The number of fused-ring (bicyclic) bond motifs is 5. The number of rotatable bonds is 5. The van der Waals surface area contributed by atoms with Crippen LogP contribution in [0.4, 0.5) is 0 Å². The molecule has 2 aromatic rings. The highest BCUT2D eigenvalue weighted by molar-refractivity contribution is 5.79. The smallest absolute Gasteiger partial charge is 0.0577 e. The first-order chi connectivity index (χ1) is 17.9. The Labute approximate surface area is 225 Å². The van der Waals surface area contributed by atoms with Gasteiger partial charge in [0.1, 0.15) is 0 Å². The van der Waals surface area contributed by atoms with Crippen molar-refractivity contribution in [1.82, 2.24) is 0 Å². The molecular weight excluding hydrogens is 448 g/mol. The second kappa shape index (κ2) is 9.88. The first-order valence-electron chi connectivity index (χ1n) is 15.1. The standard InChI is InChI=1S/C36H46O/c1-25(14-16-30(26-10-6-4-7-11-26)27-12-8-5-9-13-27)32-18-19-33-31-17-15-28-24-29(37)20-22-35(28,2)34(31)21-23-36(32,33)3/h4-13,15-16,25,29,31-34,37H,14,17-24H2,1-3H3. The topological polar surface area (TPSA) is 20.2 Å². The third kappa shape index (κ3) is 4.36. The summed E-state index contributed by atoms with van der Waals surface area (Å²) in [4.78, 5) is 0. The van der Waals surface area contributed by atoms with Crippen molar-refractivity contribution in [3.8, 4) is 0 Å². The van der Waals surface area contributed by atoms with Crippen molar-refractivity contribution in [2.24, 2.45) is 40.4 Å². The van der Waals surface area contributed by atoms with Crippen molar-refractivity contribution in [1.29, 1.82) is 0 Å². The predicted octanol–water partition coefficient (Wildman–Crippen LogP) is 9.08. The minimum atomic E-state index is -0.105. The molecule has 4 aliphatic carbocycles. The van der Waals surface area contributed by atoms with Gasteiger partial charge in [0, 0.05) is 0 Å². The normalized spacial score (nSPS) is 37.5. The minimum Gasteiger partial charge on any atom is -0.393 e. The number of allylic oxidation sites excluding steroid dienone is 2. The molecule has 1 nitrogen and oxygen atoms in total. The van der Waals surface area contributed by atoms with E-state index < -0.39 is 0 Å². The monoisotopic (exact) mass is 494 g/mol. The Kier molecular flexibility index (Phi) is 6.72. The van der Waals surface area contributed by atoms with E-state index in [1.165, 1.54) is 55.2 Å². The van der Waals surface area contributed by atoms with Gasteiger partial charge in [-0.25, -0.2) is 0 Å². The third-order valence-corrected chi connectivity index (χ3v) is 11.7. The van der Waals surface area contributed by atoms with Gasteiger partial charge in [-0.15, -0.1) is 0 Å². The average molecular weight is 495 g/mol. The zero-order chi connectivity index (χ0) is 25.6. The summed E-state index contributed by atoms with van der Waals surface area (Å²) in [7, 11) is 0. The summed E-state index contributed by atoms with van der Waals surface area (Å²) >= 11 is 0. The fourth-order valence-electron chi connectivity index (χ4n) is 9.72. The van der Waals surface area contributed by atoms with Gasteiger partial charge in [-0.3, -0.25) is 0 Å². The molecule has 8 unspecified atom stereocenters. The highest BCUT2D eigenvalue weighted by Crippen LogP contribution is 2.67. The second-order valence-corrected chi connectivity index (χ2v) is 13.4. The van der Waals surface area contributed by atoms with Gasteiger partial charge in [0.25, 0.3) is 0 Å². The summed E-state index contributed by atoms with van der Waals surface area (Å²) in [6.45, 7) is 7.77. The van der Waals surface area contributed by atoms with Crippen LogP contribution in [0.1, 0.15) is 89.7 Å². The van der Waals surface area contributed by atoms with Crippen molar-refractivity contribution in [2.75, 3.05) is 0 Å². The van der Waals surface area contributed by atoms with E-state index in [9.17, 15) is 5.11 Å². The van der Waals surface area contributed by atoms with Crippen molar-refractivity contribution >= 4 is 5.57 Å². The van der Waals surface area contributed by atoms with Crippen LogP contribution in [0.2, 0.25) is 0 Å². The van der Waals surface area contributed by atoms with Crippen LogP contribution in [-0.2, 0) is 0 Å². The maximum absolute atomic E-state index is 10.3. The molecule has 3 saturated carbocycles. The largest absolute Gasteiger partial charge is 0.393 e. The number of aliphatic hydroxyl groups excluding tert-OH is 1. The second-order valence-electron chi connectivity index (χ2n) is 13.4. The molecule has 3 fully saturated rings. The molecule has 0 saturated heterocycles. The van der Waals surface area contributed by atoms with Crippen LogP contribution in [0.25, 0.3) is 5.57 Å². The predicted molar refractivity (Wildman–Crippen MR) is 155 cm³/mol. The highest BCUT2D eigenvalue weighted by Gasteiger charge is 2.59. The molecule has 0 heterocycles. The van der Waals surface area contributed by atoms with E-state index in [2.05, 4.69) is 93.6 Å². The van der Waals surface area contributed by atoms with Crippen LogP contribution in [0.15, 0.2) is 78.4 Å². The molecule has 2 aromatic carbocycles. The Morgan fingerprint density at radius 1 is 0.892 bits per heavy atom. The van der Waals surface area contributed by atoms with Gasteiger partial charge in [0.05, 0.1) is 6.10 Å². The molecule has 0 amide bonds. The fourth-order valence-corrected chi connectivity index (χ4v) is 9.72. The van der Waals surface area contributed by atoms with Gasteiger partial charge in [0.15, 0.2) is 0 Å². The maximum atomic E-state index is 10.3. The van der Waals surface area contributed by atoms with Crippen LogP contribution in [0.3, 0.4) is 0 Å². The Morgan fingerprint density at radius 3 is 2.24 bits per heavy atom. The van der Waals surface area contributed by atoms with Crippen molar-refractivity contribution < 1.29 is 5.11 Å². The van der Waals surface area contributed by atoms with Gasteiger partial charge in [-0.1, -0.05) is 99.2 Å². The van der Waals surface area contributed by atoms with Crippen molar-refractivity contribution in [2.45, 2.75) is 84.7 Å². The van der Waals surface area contributed by atoms with Crippen molar-refractivity contribution in [3.05, 3.63) is 89.5 Å². The Morgan fingerprint density at radius 2 is 1.57 bits per heavy atom. The first-order valence-corrected chi connectivity index (χ1v) is 15.1. The lowest BCUT2D eigenvalue weighted by Gasteiger charge is -2.58. The van der Waals surface area contributed by atoms with E-state index in [1.54, 1.807) is 5.57 Å². The van der Waals surface area contributed by atoms with Crippen LogP contribution in [0, 0.1) is 40.4 Å². The van der Waals surface area contributed by atoms with E-state index in [4.69, 9.17) is 0 Å². The van der Waals surface area contributed by atoms with E-state index in [-0.39, 0.29) is 6.10 Å². The summed E-state index contributed by atoms with van der Waals surface area (Å²) < 4.78 is 0. The van der Waals surface area contributed by atoms with E-state index >= 15 is 0 Å². The molecule has 0 aliphatic heterocycles. The lowest BCUT2D eigenvalue weighted by atomic mass is 9.47. The zero-order valence-electron chi connectivity index (χ0n) is 23.2. The van der Waals surface area contributed by atoms with Gasteiger partial charge < -0.3 is 5.11 Å². The Balaban J connectivity index is 1.22. The average Bonchev–Trinajstić information content (AvgIpc) is 3.28. The molecule has 0 spiro atoms. The lowest BCUT2D eigenvalue weighted by molar-refractivity contribution is -0.0565. The Bertz CT molecular complexity index is 1100. The van der Waals surface area contributed by atoms with Gasteiger partial charge in [-0.2, -0.15) is 0 Å². The van der Waals surface area contributed by atoms with Crippen LogP contribution in [0.5, 0.6) is 0 Å². The summed E-state index contributed by atoms with van der Waals surface area (Å²) in [5, 5.41) is 10.3. The van der Waals surface area contributed by atoms with Crippen LogP contribution >= 0.6 is 0 Å². The summed E-state index contributed by atoms with van der Waals surface area (Å²) in [5.74, 6) is 4.05. The van der Waals surface area contributed by atoms with Crippen molar-refractivity contribution in [3.63, 3.8) is 0 Å². The Hall–Kier alpha value is -2.12. The molecule has 37 heavy (non-hydrogen) atoms. The fraction of sp³-hybridized carbons (Fsp3) is 0.556. The molecule has 0 bridgehead atoms. The number of aliphatic hydroxyl groups is 1. The van der Waals surface area contributed by atoms with Gasteiger partial charge in [0.2, 0.25) is 0 Å². The van der Waals surface area contributed by atoms with E-state index in [0.29, 0.717) is 16.7 Å². The SMILES string of the molecule is CC(CC=C(c1ccccc1)c1ccccc1)C1CCC2C3CC=C4CC(O)CCC4(C)C3CCC12C. The maximum Gasteiger partial charge on any atom is 0.0577 e. The molecule has 4 aliphatic rings. The molecular formula is C36H46O.